The van der Waals surface area contributed by atoms with E-state index in [9.17, 15) is 13.2 Å². The van der Waals surface area contributed by atoms with Gasteiger partial charge in [0.05, 0.1) is 10.6 Å². The highest BCUT2D eigenvalue weighted by Gasteiger charge is 2.26. The fraction of sp³-hybridized carbons (Fsp3) is 0.133. The van der Waals surface area contributed by atoms with Gasteiger partial charge < -0.3 is 5.32 Å². The number of rotatable bonds is 5. The summed E-state index contributed by atoms with van der Waals surface area (Å²) in [6, 6.07) is 14.2. The lowest BCUT2D eigenvalue weighted by atomic mass is 10.3. The first-order chi connectivity index (χ1) is 10.4. The number of carbonyl (C=O) groups excluding carboxylic acids is 1. The molecule has 0 atom stereocenters. The zero-order chi connectivity index (χ0) is 16.2. The predicted octanol–water partition coefficient (Wildman–Crippen LogP) is 2.28. The van der Waals surface area contributed by atoms with E-state index in [0.717, 1.165) is 4.31 Å². The van der Waals surface area contributed by atoms with E-state index in [1.165, 1.54) is 19.2 Å². The van der Waals surface area contributed by atoms with Crippen molar-refractivity contribution in [1.82, 2.24) is 5.32 Å². The van der Waals surface area contributed by atoms with E-state index in [1.807, 2.05) is 0 Å². The van der Waals surface area contributed by atoms with E-state index in [2.05, 4.69) is 5.32 Å². The van der Waals surface area contributed by atoms with Crippen LogP contribution >= 0.6 is 11.6 Å². The normalized spacial score (nSPS) is 11.0. The Labute approximate surface area is 134 Å². The molecule has 5 nitrogen and oxygen atoms in total. The van der Waals surface area contributed by atoms with Crippen molar-refractivity contribution in [2.75, 3.05) is 17.9 Å². The lowest BCUT2D eigenvalue weighted by molar-refractivity contribution is -0.119. The summed E-state index contributed by atoms with van der Waals surface area (Å²) in [5.74, 6) is -0.408. The number of halogens is 1. The summed E-state index contributed by atoms with van der Waals surface area (Å²) < 4.78 is 26.6. The van der Waals surface area contributed by atoms with Crippen molar-refractivity contribution in [3.05, 3.63) is 59.6 Å². The second kappa shape index (κ2) is 6.81. The molecule has 0 aliphatic carbocycles. The van der Waals surface area contributed by atoms with Crippen LogP contribution in [0.15, 0.2) is 59.5 Å². The van der Waals surface area contributed by atoms with E-state index >= 15 is 0 Å². The third kappa shape index (κ3) is 3.58. The number of sulfonamides is 1. The number of nitrogens with zero attached hydrogens (tertiary/aromatic N) is 1. The molecule has 0 saturated heterocycles. The van der Waals surface area contributed by atoms with Crippen molar-refractivity contribution in [3.63, 3.8) is 0 Å². The van der Waals surface area contributed by atoms with Crippen molar-refractivity contribution in [3.8, 4) is 0 Å². The van der Waals surface area contributed by atoms with Gasteiger partial charge in [-0.2, -0.15) is 0 Å². The van der Waals surface area contributed by atoms with E-state index < -0.39 is 15.9 Å². The summed E-state index contributed by atoms with van der Waals surface area (Å²) >= 11 is 5.83. The molecule has 0 aromatic heterocycles. The molecule has 2 aromatic carbocycles. The number of nitrogens with one attached hydrogen (secondary N) is 1. The predicted molar refractivity (Wildman–Crippen MR) is 86.5 cm³/mol. The fourth-order valence-corrected chi connectivity index (χ4v) is 3.42. The molecule has 0 aliphatic rings. The van der Waals surface area contributed by atoms with E-state index in [0.29, 0.717) is 10.7 Å². The molecular weight excluding hydrogens is 324 g/mol. The minimum absolute atomic E-state index is 0.119. The first-order valence-corrected chi connectivity index (χ1v) is 8.31. The third-order valence-electron chi connectivity index (χ3n) is 3.01. The Morgan fingerprint density at radius 3 is 2.23 bits per heavy atom. The molecule has 0 heterocycles. The molecule has 0 unspecified atom stereocenters. The standard InChI is InChI=1S/C15H15ClN2O3S/c1-17-15(19)11-18(13-9-7-12(16)8-10-13)22(20,21)14-5-3-2-4-6-14/h2-10H,11H2,1H3,(H,17,19). The molecule has 0 fully saturated rings. The first-order valence-electron chi connectivity index (χ1n) is 6.49. The number of likely N-dealkylation sites (N-methyl/N-ethyl adjacent to an activating group) is 1. The van der Waals surface area contributed by atoms with Gasteiger partial charge in [-0.1, -0.05) is 29.8 Å². The van der Waals surface area contributed by atoms with Gasteiger partial charge in [-0.15, -0.1) is 0 Å². The molecular formula is C15H15ClN2O3S. The van der Waals surface area contributed by atoms with Gasteiger partial charge in [0, 0.05) is 12.1 Å². The molecule has 2 rings (SSSR count). The Morgan fingerprint density at radius 1 is 1.09 bits per heavy atom. The molecule has 0 aliphatic heterocycles. The molecule has 0 bridgehead atoms. The van der Waals surface area contributed by atoms with Gasteiger partial charge in [0.15, 0.2) is 0 Å². The molecule has 7 heteroatoms. The highest BCUT2D eigenvalue weighted by molar-refractivity contribution is 7.92. The van der Waals surface area contributed by atoms with Crippen molar-refractivity contribution in [1.29, 1.82) is 0 Å². The van der Waals surface area contributed by atoms with Crippen LogP contribution in [-0.4, -0.2) is 27.9 Å². The fourth-order valence-electron chi connectivity index (χ4n) is 1.85. The average molecular weight is 339 g/mol. The zero-order valence-corrected chi connectivity index (χ0v) is 13.4. The van der Waals surface area contributed by atoms with Crippen LogP contribution in [0.1, 0.15) is 0 Å². The maximum atomic E-state index is 12.8. The number of hydrogen-bond acceptors (Lipinski definition) is 3. The lowest BCUT2D eigenvalue weighted by Gasteiger charge is -2.23. The number of benzene rings is 2. The van der Waals surface area contributed by atoms with Gasteiger partial charge >= 0.3 is 0 Å². The van der Waals surface area contributed by atoms with Crippen molar-refractivity contribution >= 4 is 33.2 Å². The van der Waals surface area contributed by atoms with E-state index in [4.69, 9.17) is 11.6 Å². The van der Waals surface area contributed by atoms with Crippen molar-refractivity contribution in [2.45, 2.75) is 4.90 Å². The molecule has 0 spiro atoms. The maximum Gasteiger partial charge on any atom is 0.264 e. The van der Waals surface area contributed by atoms with Crippen LogP contribution in [0.2, 0.25) is 5.02 Å². The van der Waals surface area contributed by atoms with Gasteiger partial charge in [0.25, 0.3) is 10.0 Å². The Balaban J connectivity index is 2.48. The smallest absolute Gasteiger partial charge is 0.264 e. The number of hydrogen-bond donors (Lipinski definition) is 1. The summed E-state index contributed by atoms with van der Waals surface area (Å²) in [4.78, 5) is 11.8. The van der Waals surface area contributed by atoms with E-state index in [1.54, 1.807) is 42.5 Å². The van der Waals surface area contributed by atoms with Gasteiger partial charge in [-0.05, 0) is 36.4 Å². The number of carbonyl (C=O) groups is 1. The summed E-state index contributed by atoms with van der Waals surface area (Å²) in [5.41, 5.74) is 0.372. The summed E-state index contributed by atoms with van der Waals surface area (Å²) in [6.07, 6.45) is 0. The molecule has 116 valence electrons. The second-order valence-electron chi connectivity index (χ2n) is 4.47. The van der Waals surface area contributed by atoms with Gasteiger partial charge in [0.1, 0.15) is 6.54 Å². The van der Waals surface area contributed by atoms with Gasteiger partial charge in [0.2, 0.25) is 5.91 Å². The molecule has 1 amide bonds. The van der Waals surface area contributed by atoms with Crippen LogP contribution in [0.4, 0.5) is 5.69 Å². The summed E-state index contributed by atoms with van der Waals surface area (Å²) in [6.45, 7) is -0.310. The van der Waals surface area contributed by atoms with Crippen LogP contribution in [0, 0.1) is 0 Å². The molecule has 2 aromatic rings. The summed E-state index contributed by atoms with van der Waals surface area (Å²) in [5, 5.41) is 2.92. The van der Waals surface area contributed by atoms with Crippen LogP contribution < -0.4 is 9.62 Å². The molecule has 0 radical (unpaired) electrons. The van der Waals surface area contributed by atoms with Crippen molar-refractivity contribution in [2.24, 2.45) is 0 Å². The maximum absolute atomic E-state index is 12.8. The third-order valence-corrected chi connectivity index (χ3v) is 5.05. The van der Waals surface area contributed by atoms with Crippen LogP contribution in [0.5, 0.6) is 0 Å². The second-order valence-corrected chi connectivity index (χ2v) is 6.77. The number of amides is 1. The Hall–Kier alpha value is -2.05. The quantitative estimate of drug-likeness (QED) is 0.909. The minimum atomic E-state index is -3.84. The minimum Gasteiger partial charge on any atom is -0.358 e. The molecule has 1 N–H and O–H groups in total. The number of anilines is 1. The lowest BCUT2D eigenvalue weighted by Crippen LogP contribution is -2.39. The summed E-state index contributed by atoms with van der Waals surface area (Å²) in [7, 11) is -2.39. The van der Waals surface area contributed by atoms with Gasteiger partial charge in [-0.3, -0.25) is 9.10 Å². The molecule has 22 heavy (non-hydrogen) atoms. The Kier molecular flexibility index (Phi) is 5.05. The largest absolute Gasteiger partial charge is 0.358 e. The Morgan fingerprint density at radius 2 is 1.68 bits per heavy atom. The highest BCUT2D eigenvalue weighted by atomic mass is 35.5. The van der Waals surface area contributed by atoms with Crippen LogP contribution in [-0.2, 0) is 14.8 Å². The topological polar surface area (TPSA) is 66.5 Å². The monoisotopic (exact) mass is 338 g/mol. The zero-order valence-electron chi connectivity index (χ0n) is 11.9. The highest BCUT2D eigenvalue weighted by Crippen LogP contribution is 2.24. The molecule has 0 saturated carbocycles. The SMILES string of the molecule is CNC(=O)CN(c1ccc(Cl)cc1)S(=O)(=O)c1ccccc1. The average Bonchev–Trinajstić information content (AvgIpc) is 2.54. The Bertz CT molecular complexity index is 746. The van der Waals surface area contributed by atoms with Crippen molar-refractivity contribution < 1.29 is 13.2 Å². The van der Waals surface area contributed by atoms with Crippen LogP contribution in [0.3, 0.4) is 0 Å². The van der Waals surface area contributed by atoms with Crippen LogP contribution in [0.25, 0.3) is 0 Å². The van der Waals surface area contributed by atoms with E-state index in [-0.39, 0.29) is 11.4 Å². The van der Waals surface area contributed by atoms with Gasteiger partial charge in [-0.25, -0.2) is 8.42 Å². The first kappa shape index (κ1) is 16.3.